The van der Waals surface area contributed by atoms with E-state index in [9.17, 15) is 0 Å². The first-order chi connectivity index (χ1) is 64.9. The summed E-state index contributed by atoms with van der Waals surface area (Å²) in [5, 5.41) is 13.6. The van der Waals surface area contributed by atoms with Crippen molar-refractivity contribution in [2.75, 3.05) is 0 Å². The van der Waals surface area contributed by atoms with E-state index in [4.69, 9.17) is 17.7 Å². The highest BCUT2D eigenvalue weighted by atomic mass is 28.4. The second-order valence-corrected chi connectivity index (χ2v) is 46.5. The lowest BCUT2D eigenvalue weighted by atomic mass is 9.76. The third kappa shape index (κ3) is 16.9. The van der Waals surface area contributed by atoms with Crippen LogP contribution < -0.4 is 79.9 Å². The van der Waals surface area contributed by atoms with Crippen molar-refractivity contribution in [2.24, 2.45) is 0 Å². The molecule has 0 atom stereocenters. The van der Waals surface area contributed by atoms with Crippen LogP contribution in [0.3, 0.4) is 0 Å². The first kappa shape index (κ1) is 83.7. The lowest BCUT2D eigenvalue weighted by Gasteiger charge is -2.35. The summed E-state index contributed by atoms with van der Waals surface area (Å²) in [6.07, 6.45) is 0.548. The maximum Gasteiger partial charge on any atom is 0.346 e. The molecule has 0 aromatic heterocycles. The summed E-state index contributed by atoms with van der Waals surface area (Å²) in [6.45, 7) is 0. The monoisotopic (exact) mass is 1750 g/mol. The van der Waals surface area contributed by atoms with Crippen LogP contribution in [0.4, 0.5) is 0 Å². The fourth-order valence-corrected chi connectivity index (χ4v) is 34.8. The Morgan fingerprint density at radius 1 is 0.137 bits per heavy atom. The van der Waals surface area contributed by atoms with Crippen molar-refractivity contribution in [3.63, 3.8) is 0 Å². The van der Waals surface area contributed by atoms with Gasteiger partial charge in [0.2, 0.25) is 0 Å². The van der Waals surface area contributed by atoms with Gasteiger partial charge in [-0.15, -0.1) is 0 Å². The Kier molecular flexibility index (Phi) is 24.6. The second kappa shape index (κ2) is 38.6. The highest BCUT2D eigenvalue weighted by molar-refractivity contribution is 7.09. The number of hydrogen-bond acceptors (Lipinski definition) is 4. The minimum Gasteiger partial charge on any atom is -0.530 e. The number of rotatable bonds is 30. The van der Waals surface area contributed by atoms with Crippen LogP contribution in [-0.2, 0) is 0 Å². The van der Waals surface area contributed by atoms with E-state index in [1.54, 1.807) is 0 Å². The third-order valence-corrected chi connectivity index (χ3v) is 41.5. The molecular formula is C123H96O4Si4. The molecule has 0 amide bonds. The normalized spacial score (nSPS) is 11.7. The fraction of sp³-hybridized carbons (Fsp3) is 0.0244. The van der Waals surface area contributed by atoms with Crippen molar-refractivity contribution >= 4 is 95.5 Å². The van der Waals surface area contributed by atoms with Gasteiger partial charge in [0, 0.05) is 34.1 Å². The van der Waals surface area contributed by atoms with Gasteiger partial charge in [0.1, 0.15) is 23.0 Å². The Balaban J connectivity index is 0.863. The molecule has 20 aromatic carbocycles. The lowest BCUT2D eigenvalue weighted by molar-refractivity contribution is 0.574. The van der Waals surface area contributed by atoms with Crippen LogP contribution in [0.25, 0.3) is 44.5 Å². The molecule has 0 unspecified atom stereocenters. The average molecular weight is 1750 g/mol. The summed E-state index contributed by atoms with van der Waals surface area (Å²) in [7, 11) is -13.8. The van der Waals surface area contributed by atoms with E-state index in [-0.39, 0.29) is 11.8 Å². The SMILES string of the molecule is c1ccc(-c2cc(C(CC(c3ccc(O[Si](c4ccccc4)(c4ccccc4)c4ccccc4)c(-c4ccccc4)c3)c3ccc(O[Si](c4ccccc4)(c4ccccc4)c4ccccc4)c(-c4ccccc4)c3)c3ccc(O[Si](c4ccccc4)(c4ccccc4)c4ccccc4)c(-c4ccccc4)c3)ccc2O[Si](c2ccccc2)(c2ccccc2)c2ccccc2)cc1. The van der Waals surface area contributed by atoms with Crippen molar-refractivity contribution in [1.82, 2.24) is 0 Å². The largest absolute Gasteiger partial charge is 0.530 e. The summed E-state index contributed by atoms with van der Waals surface area (Å²) in [6, 6.07) is 203. The molecule has 0 bridgehead atoms. The standard InChI is InChI=1S/C123H96O4Si4/c1-17-49-94(50-18-1)116-89-98(81-85-120(116)124-128(102-57-25-5-26-58-102,103-59-27-6-28-60-103)104-61-29-7-30-62-104)114(99-82-86-121(117(90-99)95-51-19-2-20-52-95)125-129(105-63-31-8-32-64-105,106-65-33-9-34-66-106)107-67-35-10-36-68-107)93-115(100-83-87-122(118(91-100)96-53-21-3-22-54-96)126-130(108-69-37-11-38-70-108,109-71-39-12-40-72-109)110-73-41-13-42-74-110)101-84-88-123(119(92-101)97-55-23-4-24-56-97)127-131(111-75-43-14-44-76-111,112-77-45-15-46-78-112)113-79-47-16-48-80-113/h1-92,114-115H,93H2. The van der Waals surface area contributed by atoms with E-state index in [0.29, 0.717) is 6.42 Å². The van der Waals surface area contributed by atoms with Crippen molar-refractivity contribution < 1.29 is 17.7 Å². The topological polar surface area (TPSA) is 36.9 Å². The van der Waals surface area contributed by atoms with Crippen molar-refractivity contribution in [3.8, 4) is 67.5 Å². The molecule has 0 fully saturated rings. The molecule has 0 heterocycles. The molecule has 0 saturated heterocycles. The summed E-state index contributed by atoms with van der Waals surface area (Å²) in [5.74, 6) is 2.38. The van der Waals surface area contributed by atoms with Crippen LogP contribution in [0.1, 0.15) is 40.5 Å². The minimum atomic E-state index is -3.45. The molecule has 0 aliphatic carbocycles. The Morgan fingerprint density at radius 3 is 0.389 bits per heavy atom. The van der Waals surface area contributed by atoms with Gasteiger partial charge in [-0.25, -0.2) is 0 Å². The third-order valence-electron chi connectivity index (χ3n) is 25.7. The van der Waals surface area contributed by atoms with E-state index >= 15 is 0 Å². The van der Waals surface area contributed by atoms with Gasteiger partial charge in [0.15, 0.2) is 0 Å². The van der Waals surface area contributed by atoms with Crippen molar-refractivity contribution in [2.45, 2.75) is 18.3 Å². The Hall–Kier alpha value is -15.5. The van der Waals surface area contributed by atoms with Gasteiger partial charge < -0.3 is 17.7 Å². The molecule has 0 radical (unpaired) electrons. The number of hydrogen-bond donors (Lipinski definition) is 0. The van der Waals surface area contributed by atoms with Crippen LogP contribution in [0, 0.1) is 0 Å². The van der Waals surface area contributed by atoms with Gasteiger partial charge in [0.05, 0.1) is 0 Å². The predicted octanol–water partition coefficient (Wildman–Crippen LogP) is 21.9. The number of benzene rings is 20. The van der Waals surface area contributed by atoms with E-state index < -0.39 is 33.3 Å². The highest BCUT2D eigenvalue weighted by Gasteiger charge is 2.49. The van der Waals surface area contributed by atoms with E-state index in [1.807, 2.05) is 0 Å². The lowest BCUT2D eigenvalue weighted by Crippen LogP contribution is -2.71. The van der Waals surface area contributed by atoms with E-state index in [2.05, 4.69) is 558 Å². The van der Waals surface area contributed by atoms with Gasteiger partial charge in [-0.05, 0) is 162 Å². The minimum absolute atomic E-state index is 0.373. The Labute approximate surface area is 773 Å². The molecule has 20 rings (SSSR count). The molecule has 628 valence electrons. The Morgan fingerprint density at radius 2 is 0.260 bits per heavy atom. The second-order valence-electron chi connectivity index (χ2n) is 33.4. The zero-order chi connectivity index (χ0) is 87.9. The van der Waals surface area contributed by atoms with Crippen molar-refractivity contribution in [3.05, 3.63) is 580 Å². The Bertz CT molecular complexity index is 5870. The highest BCUT2D eigenvalue weighted by Crippen LogP contribution is 2.48. The zero-order valence-corrected chi connectivity index (χ0v) is 76.6. The molecule has 131 heavy (non-hydrogen) atoms. The van der Waals surface area contributed by atoms with Crippen LogP contribution in [0.2, 0.25) is 0 Å². The molecule has 0 spiro atoms. The molecule has 0 aliphatic rings. The van der Waals surface area contributed by atoms with Gasteiger partial charge in [-0.3, -0.25) is 0 Å². The predicted molar refractivity (Wildman–Crippen MR) is 554 cm³/mol. The molecule has 0 aliphatic heterocycles. The molecule has 4 nitrogen and oxygen atoms in total. The quantitative estimate of drug-likeness (QED) is 0.0332. The summed E-state index contributed by atoms with van der Waals surface area (Å²) < 4.78 is 33.3. The first-order valence-corrected chi connectivity index (χ1v) is 52.8. The zero-order valence-electron chi connectivity index (χ0n) is 72.6. The van der Waals surface area contributed by atoms with E-state index in [0.717, 1.165) is 152 Å². The molecule has 8 heteroatoms. The van der Waals surface area contributed by atoms with Gasteiger partial charge in [-0.2, -0.15) is 0 Å². The van der Waals surface area contributed by atoms with Crippen molar-refractivity contribution in [1.29, 1.82) is 0 Å². The molecule has 0 N–H and O–H groups in total. The maximum atomic E-state index is 8.33. The van der Waals surface area contributed by atoms with E-state index in [1.165, 1.54) is 0 Å². The van der Waals surface area contributed by atoms with Gasteiger partial charge in [0.25, 0.3) is 0 Å². The summed E-state index contributed by atoms with van der Waals surface area (Å²) >= 11 is 0. The smallest absolute Gasteiger partial charge is 0.346 e. The summed E-state index contributed by atoms with van der Waals surface area (Å²) in [5.41, 5.74) is 12.4. The van der Waals surface area contributed by atoms with Crippen LogP contribution in [-0.4, -0.2) is 33.3 Å². The maximum absolute atomic E-state index is 8.33. The summed E-state index contributed by atoms with van der Waals surface area (Å²) in [4.78, 5) is 0. The van der Waals surface area contributed by atoms with Crippen LogP contribution in [0.15, 0.2) is 558 Å². The molecule has 0 saturated carbocycles. The first-order valence-electron chi connectivity index (χ1n) is 45.1. The average Bonchev–Trinajstić information content (AvgIpc) is 0.755. The van der Waals surface area contributed by atoms with Crippen LogP contribution in [0.5, 0.6) is 23.0 Å². The van der Waals surface area contributed by atoms with Crippen LogP contribution >= 0.6 is 0 Å². The fourth-order valence-electron chi connectivity index (χ4n) is 19.4. The van der Waals surface area contributed by atoms with Gasteiger partial charge >= 0.3 is 33.3 Å². The molecular weight excluding hydrogens is 1650 g/mol. The molecule has 20 aromatic rings. The van der Waals surface area contributed by atoms with Gasteiger partial charge in [-0.1, -0.05) is 510 Å².